The number of cyclic esters (lactones) is 1. The normalized spacial score (nSPS) is 15.2. The highest BCUT2D eigenvalue weighted by molar-refractivity contribution is 6.30. The van der Waals surface area contributed by atoms with Crippen LogP contribution < -0.4 is 4.74 Å². The summed E-state index contributed by atoms with van der Waals surface area (Å²) < 4.78 is 11.0. The summed E-state index contributed by atoms with van der Waals surface area (Å²) in [6, 6.07) is 10.3. The van der Waals surface area contributed by atoms with Gasteiger partial charge in [0.1, 0.15) is 5.75 Å². The molecule has 1 aliphatic rings. The molecule has 0 bridgehead atoms. The van der Waals surface area contributed by atoms with Crippen molar-refractivity contribution in [2.75, 3.05) is 14.1 Å². The molecule has 0 saturated carbocycles. The number of esters is 1. The largest absolute Gasteiger partial charge is 0.438 e. The third kappa shape index (κ3) is 3.55. The lowest BCUT2D eigenvalue weighted by molar-refractivity contribution is -0.130. The van der Waals surface area contributed by atoms with Crippen LogP contribution in [0.4, 0.5) is 0 Å². The van der Waals surface area contributed by atoms with Crippen LogP contribution in [-0.4, -0.2) is 35.8 Å². The van der Waals surface area contributed by atoms with Crippen molar-refractivity contribution in [1.29, 1.82) is 0 Å². The van der Waals surface area contributed by atoms with Crippen molar-refractivity contribution in [1.82, 2.24) is 9.88 Å². The third-order valence-corrected chi connectivity index (χ3v) is 3.28. The van der Waals surface area contributed by atoms with Gasteiger partial charge < -0.3 is 14.4 Å². The molecule has 7 heteroatoms. The SMILES string of the molecule is CN(C)/C=C1/N=C(c2cccnc2Oc2ccc(Cl)cc2)OC1=O. The molecule has 0 aliphatic carbocycles. The van der Waals surface area contributed by atoms with Gasteiger partial charge in [0.25, 0.3) is 0 Å². The van der Waals surface area contributed by atoms with E-state index in [4.69, 9.17) is 21.1 Å². The van der Waals surface area contributed by atoms with Crippen molar-refractivity contribution in [3.63, 3.8) is 0 Å². The van der Waals surface area contributed by atoms with E-state index in [2.05, 4.69) is 9.98 Å². The third-order valence-electron chi connectivity index (χ3n) is 3.03. The number of carbonyl (C=O) groups excluding carboxylic acids is 1. The number of nitrogens with zero attached hydrogens (tertiary/aromatic N) is 3. The minimum Gasteiger partial charge on any atom is -0.438 e. The lowest BCUT2D eigenvalue weighted by Gasteiger charge is -2.08. The number of rotatable bonds is 4. The van der Waals surface area contributed by atoms with Crippen LogP contribution in [0.15, 0.2) is 59.5 Å². The maximum Gasteiger partial charge on any atom is 0.365 e. The molecule has 0 spiro atoms. The first-order chi connectivity index (χ1) is 11.5. The summed E-state index contributed by atoms with van der Waals surface area (Å²) in [6.07, 6.45) is 3.17. The first-order valence-electron chi connectivity index (χ1n) is 7.11. The molecular formula is C17H14ClN3O3. The molecule has 0 N–H and O–H groups in total. The molecule has 6 nitrogen and oxygen atoms in total. The summed E-state index contributed by atoms with van der Waals surface area (Å²) in [5, 5.41) is 0.608. The number of halogens is 1. The van der Waals surface area contributed by atoms with E-state index >= 15 is 0 Å². The lowest BCUT2D eigenvalue weighted by Crippen LogP contribution is -2.09. The van der Waals surface area contributed by atoms with E-state index in [1.54, 1.807) is 67.8 Å². The van der Waals surface area contributed by atoms with Crippen LogP contribution in [0.2, 0.25) is 5.02 Å². The zero-order chi connectivity index (χ0) is 17.1. The van der Waals surface area contributed by atoms with Crippen molar-refractivity contribution >= 4 is 23.5 Å². The average Bonchev–Trinajstić information content (AvgIpc) is 2.90. The quantitative estimate of drug-likeness (QED) is 0.630. The van der Waals surface area contributed by atoms with Crippen molar-refractivity contribution in [2.45, 2.75) is 0 Å². The van der Waals surface area contributed by atoms with E-state index in [0.717, 1.165) is 0 Å². The molecule has 3 rings (SSSR count). The van der Waals surface area contributed by atoms with E-state index in [9.17, 15) is 4.79 Å². The highest BCUT2D eigenvalue weighted by atomic mass is 35.5. The van der Waals surface area contributed by atoms with Crippen LogP contribution in [0.1, 0.15) is 5.56 Å². The Hall–Kier alpha value is -2.86. The van der Waals surface area contributed by atoms with E-state index in [1.165, 1.54) is 0 Å². The Balaban J connectivity index is 1.92. The summed E-state index contributed by atoms with van der Waals surface area (Å²) in [4.78, 5) is 22.0. The highest BCUT2D eigenvalue weighted by Gasteiger charge is 2.27. The molecule has 0 atom stereocenters. The van der Waals surface area contributed by atoms with Gasteiger partial charge in [-0.2, -0.15) is 0 Å². The predicted octanol–water partition coefficient (Wildman–Crippen LogP) is 3.23. The number of ether oxygens (including phenoxy) is 2. The van der Waals surface area contributed by atoms with Crippen molar-refractivity contribution in [3.8, 4) is 11.6 Å². The van der Waals surface area contributed by atoms with Gasteiger partial charge in [0.15, 0.2) is 5.70 Å². The Labute approximate surface area is 144 Å². The maximum absolute atomic E-state index is 11.9. The van der Waals surface area contributed by atoms with Gasteiger partial charge in [-0.25, -0.2) is 14.8 Å². The molecule has 122 valence electrons. The van der Waals surface area contributed by atoms with Crippen molar-refractivity contribution in [2.24, 2.45) is 4.99 Å². The Morgan fingerprint density at radius 1 is 1.21 bits per heavy atom. The Kier molecular flexibility index (Phi) is 4.48. The Morgan fingerprint density at radius 2 is 1.96 bits per heavy atom. The molecule has 0 amide bonds. The fraction of sp³-hybridized carbons (Fsp3) is 0.118. The van der Waals surface area contributed by atoms with Gasteiger partial charge in [-0.1, -0.05) is 11.6 Å². The maximum atomic E-state index is 11.9. The van der Waals surface area contributed by atoms with Crippen LogP contribution >= 0.6 is 11.6 Å². The van der Waals surface area contributed by atoms with E-state index in [0.29, 0.717) is 16.3 Å². The number of hydrogen-bond acceptors (Lipinski definition) is 6. The fourth-order valence-corrected chi connectivity index (χ4v) is 2.13. The fourth-order valence-electron chi connectivity index (χ4n) is 2.01. The lowest BCUT2D eigenvalue weighted by atomic mass is 10.2. The monoisotopic (exact) mass is 343 g/mol. The zero-order valence-corrected chi connectivity index (χ0v) is 13.8. The minimum atomic E-state index is -0.514. The standard InChI is InChI=1S/C17H14ClN3O3/c1-21(2)10-14-17(22)24-16(20-14)13-4-3-9-19-15(13)23-12-7-5-11(18)6-8-12/h3-10H,1-2H3/b14-10+. The molecule has 24 heavy (non-hydrogen) atoms. The van der Waals surface area contributed by atoms with E-state index in [-0.39, 0.29) is 17.5 Å². The molecule has 1 aliphatic heterocycles. The van der Waals surface area contributed by atoms with Gasteiger partial charge in [0.2, 0.25) is 11.8 Å². The van der Waals surface area contributed by atoms with E-state index < -0.39 is 5.97 Å². The smallest absolute Gasteiger partial charge is 0.365 e. The first-order valence-corrected chi connectivity index (χ1v) is 7.48. The van der Waals surface area contributed by atoms with Crippen LogP contribution in [0.3, 0.4) is 0 Å². The molecule has 0 fully saturated rings. The Bertz CT molecular complexity index is 829. The predicted molar refractivity (Wildman–Crippen MR) is 90.2 cm³/mol. The number of benzene rings is 1. The van der Waals surface area contributed by atoms with Gasteiger partial charge in [0, 0.05) is 31.5 Å². The molecular weight excluding hydrogens is 330 g/mol. The van der Waals surface area contributed by atoms with Crippen LogP contribution in [0, 0.1) is 0 Å². The van der Waals surface area contributed by atoms with Crippen LogP contribution in [-0.2, 0) is 9.53 Å². The molecule has 0 saturated heterocycles. The Morgan fingerprint density at radius 3 is 2.67 bits per heavy atom. The molecule has 2 aromatic rings. The molecule has 2 heterocycles. The summed E-state index contributed by atoms with van der Waals surface area (Å²) >= 11 is 5.87. The summed E-state index contributed by atoms with van der Waals surface area (Å²) in [7, 11) is 3.60. The van der Waals surface area contributed by atoms with Gasteiger partial charge in [-0.3, -0.25) is 0 Å². The van der Waals surface area contributed by atoms with Gasteiger partial charge in [-0.05, 0) is 36.4 Å². The van der Waals surface area contributed by atoms with Crippen LogP contribution in [0.5, 0.6) is 11.6 Å². The molecule has 0 radical (unpaired) electrons. The number of aromatic nitrogens is 1. The van der Waals surface area contributed by atoms with Gasteiger partial charge in [-0.15, -0.1) is 0 Å². The second kappa shape index (κ2) is 6.72. The molecule has 0 unspecified atom stereocenters. The van der Waals surface area contributed by atoms with Gasteiger partial charge >= 0.3 is 5.97 Å². The summed E-state index contributed by atoms with van der Waals surface area (Å²) in [6.45, 7) is 0. The van der Waals surface area contributed by atoms with Gasteiger partial charge in [0.05, 0.1) is 5.56 Å². The number of carbonyl (C=O) groups is 1. The van der Waals surface area contributed by atoms with Crippen molar-refractivity contribution in [3.05, 3.63) is 65.1 Å². The molecule has 1 aromatic carbocycles. The minimum absolute atomic E-state index is 0.158. The summed E-state index contributed by atoms with van der Waals surface area (Å²) in [5.74, 6) is 0.496. The second-order valence-corrected chi connectivity index (χ2v) is 5.63. The average molecular weight is 344 g/mol. The number of pyridine rings is 1. The van der Waals surface area contributed by atoms with Crippen LogP contribution in [0.25, 0.3) is 0 Å². The topological polar surface area (TPSA) is 64.0 Å². The van der Waals surface area contributed by atoms with Crippen molar-refractivity contribution < 1.29 is 14.3 Å². The summed E-state index contributed by atoms with van der Waals surface area (Å²) in [5.41, 5.74) is 0.708. The number of hydrogen-bond donors (Lipinski definition) is 0. The number of aliphatic imine (C=N–C) groups is 1. The van der Waals surface area contributed by atoms with E-state index in [1.807, 2.05) is 0 Å². The highest BCUT2D eigenvalue weighted by Crippen LogP contribution is 2.27. The first kappa shape index (κ1) is 16.0. The second-order valence-electron chi connectivity index (χ2n) is 5.20. The zero-order valence-electron chi connectivity index (χ0n) is 13.1. The molecule has 1 aromatic heterocycles.